The van der Waals surface area contributed by atoms with Gasteiger partial charge in [0.15, 0.2) is 16.6 Å². The van der Waals surface area contributed by atoms with Gasteiger partial charge in [-0.25, -0.2) is 9.78 Å². The Balaban J connectivity index is 1.49. The van der Waals surface area contributed by atoms with Gasteiger partial charge in [-0.1, -0.05) is 23.5 Å². The van der Waals surface area contributed by atoms with Gasteiger partial charge in [0.25, 0.3) is 5.91 Å². The van der Waals surface area contributed by atoms with E-state index in [0.29, 0.717) is 32.9 Å². The normalized spacial score (nSPS) is 15.6. The second-order valence-electron chi connectivity index (χ2n) is 5.78. The maximum atomic E-state index is 12.5. The molecule has 4 rings (SSSR count). The summed E-state index contributed by atoms with van der Waals surface area (Å²) < 4.78 is 17.2. The molecule has 1 aromatic carbocycles. The highest BCUT2D eigenvalue weighted by atomic mass is 32.1. The van der Waals surface area contributed by atoms with Crippen LogP contribution in [0.5, 0.6) is 11.5 Å². The highest BCUT2D eigenvalue weighted by molar-refractivity contribution is 7.30. The Morgan fingerprint density at radius 1 is 1.30 bits per heavy atom. The summed E-state index contributed by atoms with van der Waals surface area (Å²) in [7, 11) is 0. The van der Waals surface area contributed by atoms with Crippen LogP contribution in [-0.4, -0.2) is 36.2 Å². The summed E-state index contributed by atoms with van der Waals surface area (Å²) in [5, 5.41) is 3.23. The number of aromatic nitrogens is 1. The van der Waals surface area contributed by atoms with Crippen molar-refractivity contribution in [2.45, 2.75) is 20.0 Å². The minimum Gasteiger partial charge on any atom is -0.485 e. The summed E-state index contributed by atoms with van der Waals surface area (Å²) in [5.74, 6) is 0.494. The van der Waals surface area contributed by atoms with Crippen LogP contribution < -0.4 is 14.8 Å². The quantitative estimate of drug-likeness (QED) is 0.669. The molecule has 9 heteroatoms. The Bertz CT molecular complexity index is 1030. The molecule has 0 aliphatic carbocycles. The number of amides is 1. The van der Waals surface area contributed by atoms with Crippen molar-refractivity contribution >= 4 is 49.2 Å². The van der Waals surface area contributed by atoms with Gasteiger partial charge in [-0.3, -0.25) is 10.1 Å². The number of nitrogens with one attached hydrogen (secondary N) is 1. The molecule has 0 fully saturated rings. The summed E-state index contributed by atoms with van der Waals surface area (Å²) in [4.78, 5) is 30.1. The van der Waals surface area contributed by atoms with Crippen molar-refractivity contribution in [2.24, 2.45) is 0 Å². The number of esters is 1. The van der Waals surface area contributed by atoms with E-state index >= 15 is 0 Å². The van der Waals surface area contributed by atoms with Crippen molar-refractivity contribution in [3.8, 4) is 11.5 Å². The maximum absolute atomic E-state index is 12.5. The number of carbonyl (C=O) groups excluding carboxylic acids is 2. The van der Waals surface area contributed by atoms with Crippen LogP contribution >= 0.6 is 22.7 Å². The predicted octanol–water partition coefficient (Wildman–Crippen LogP) is 3.62. The minimum atomic E-state index is -0.752. The number of thiophene rings is 1. The van der Waals surface area contributed by atoms with Crippen LogP contribution in [0, 0.1) is 6.92 Å². The number of nitrogens with zero attached hydrogens (tertiary/aromatic N) is 1. The molecule has 0 spiro atoms. The van der Waals surface area contributed by atoms with Crippen LogP contribution in [0.15, 0.2) is 24.3 Å². The van der Waals surface area contributed by atoms with Crippen molar-refractivity contribution in [2.75, 3.05) is 18.5 Å². The highest BCUT2D eigenvalue weighted by Gasteiger charge is 2.28. The predicted molar refractivity (Wildman–Crippen MR) is 103 cm³/mol. The van der Waals surface area contributed by atoms with Crippen LogP contribution in [0.25, 0.3) is 9.53 Å². The Kier molecular flexibility index (Phi) is 4.71. The van der Waals surface area contributed by atoms with E-state index in [-0.39, 0.29) is 18.5 Å². The summed E-state index contributed by atoms with van der Waals surface area (Å²) in [6.07, 6.45) is -0.752. The molecule has 1 amide bonds. The average Bonchev–Trinajstić information content (AvgIpc) is 3.20. The zero-order chi connectivity index (χ0) is 19.0. The van der Waals surface area contributed by atoms with Gasteiger partial charge < -0.3 is 14.2 Å². The number of ether oxygens (including phenoxy) is 3. The molecule has 0 bridgehead atoms. The fraction of sp³-hybridized carbons (Fsp3) is 0.278. The SMILES string of the molecule is CCOC(=O)c1sc2nc(NC(=O)C3COc4ccccc4O3)sc2c1C. The summed E-state index contributed by atoms with van der Waals surface area (Å²) in [5.41, 5.74) is 0.817. The number of hydrogen-bond donors (Lipinski definition) is 1. The van der Waals surface area contributed by atoms with E-state index < -0.39 is 6.10 Å². The second-order valence-corrected chi connectivity index (χ2v) is 7.78. The van der Waals surface area contributed by atoms with Crippen molar-refractivity contribution in [1.29, 1.82) is 0 Å². The fourth-order valence-corrected chi connectivity index (χ4v) is 4.88. The van der Waals surface area contributed by atoms with Crippen LogP contribution in [0.1, 0.15) is 22.2 Å². The number of benzene rings is 1. The first-order valence-corrected chi connectivity index (χ1v) is 9.96. The smallest absolute Gasteiger partial charge is 0.348 e. The topological polar surface area (TPSA) is 86.8 Å². The molecule has 140 valence electrons. The molecule has 7 nitrogen and oxygen atoms in total. The summed E-state index contributed by atoms with van der Waals surface area (Å²) >= 11 is 2.59. The Morgan fingerprint density at radius 2 is 2.07 bits per heavy atom. The third-order valence-corrected chi connectivity index (χ3v) is 6.35. The zero-order valence-electron chi connectivity index (χ0n) is 14.6. The number of hydrogen-bond acceptors (Lipinski definition) is 8. The molecule has 0 saturated heterocycles. The lowest BCUT2D eigenvalue weighted by atomic mass is 10.2. The standard InChI is InChI=1S/C18H16N2O5S2/c1-3-23-17(22)14-9(2)13-16(26-14)20-18(27-13)19-15(21)12-8-24-10-6-4-5-7-11(10)25-12/h4-7,12H,3,8H2,1-2H3,(H,19,20,21). The van der Waals surface area contributed by atoms with Gasteiger partial charge in [-0.2, -0.15) is 0 Å². The van der Waals surface area contributed by atoms with Crippen molar-refractivity contribution in [3.63, 3.8) is 0 Å². The van der Waals surface area contributed by atoms with E-state index in [1.807, 2.05) is 19.1 Å². The van der Waals surface area contributed by atoms with Gasteiger partial charge in [0.05, 0.1) is 11.3 Å². The third kappa shape index (κ3) is 3.35. The Hall–Kier alpha value is -2.65. The average molecular weight is 404 g/mol. The third-order valence-electron chi connectivity index (χ3n) is 3.97. The lowest BCUT2D eigenvalue weighted by Gasteiger charge is -2.25. The first-order chi connectivity index (χ1) is 13.1. The number of thiazole rings is 1. The summed E-state index contributed by atoms with van der Waals surface area (Å²) in [6.45, 7) is 4.08. The Labute approximate surface area is 162 Å². The molecule has 2 aromatic heterocycles. The van der Waals surface area contributed by atoms with E-state index in [0.717, 1.165) is 10.3 Å². The number of carbonyl (C=O) groups is 2. The van der Waals surface area contributed by atoms with E-state index in [1.54, 1.807) is 19.1 Å². The number of rotatable bonds is 4. The number of aryl methyl sites for hydroxylation is 1. The second kappa shape index (κ2) is 7.16. The molecule has 1 aliphatic heterocycles. The van der Waals surface area contributed by atoms with E-state index in [1.165, 1.54) is 22.7 Å². The van der Waals surface area contributed by atoms with Gasteiger partial charge in [0.2, 0.25) is 6.10 Å². The van der Waals surface area contributed by atoms with Gasteiger partial charge in [0.1, 0.15) is 16.3 Å². The Morgan fingerprint density at radius 3 is 2.81 bits per heavy atom. The molecule has 3 aromatic rings. The van der Waals surface area contributed by atoms with E-state index in [4.69, 9.17) is 14.2 Å². The van der Waals surface area contributed by atoms with Crippen molar-refractivity contribution in [3.05, 3.63) is 34.7 Å². The van der Waals surface area contributed by atoms with E-state index in [2.05, 4.69) is 10.3 Å². The molecule has 0 saturated carbocycles. The monoisotopic (exact) mass is 404 g/mol. The first kappa shape index (κ1) is 17.7. The molecular weight excluding hydrogens is 388 g/mol. The fourth-order valence-electron chi connectivity index (χ4n) is 2.67. The van der Waals surface area contributed by atoms with Crippen molar-refractivity contribution < 1.29 is 23.8 Å². The molecule has 0 radical (unpaired) electrons. The molecule has 1 unspecified atom stereocenters. The lowest BCUT2D eigenvalue weighted by molar-refractivity contribution is -0.125. The van der Waals surface area contributed by atoms with Gasteiger partial charge >= 0.3 is 5.97 Å². The number of para-hydroxylation sites is 2. The zero-order valence-corrected chi connectivity index (χ0v) is 16.2. The molecule has 3 heterocycles. The van der Waals surface area contributed by atoms with Gasteiger partial charge in [-0.05, 0) is 31.5 Å². The van der Waals surface area contributed by atoms with Crippen LogP contribution in [0.4, 0.5) is 5.13 Å². The van der Waals surface area contributed by atoms with Crippen LogP contribution in [0.3, 0.4) is 0 Å². The van der Waals surface area contributed by atoms with E-state index in [9.17, 15) is 9.59 Å². The maximum Gasteiger partial charge on any atom is 0.348 e. The molecule has 27 heavy (non-hydrogen) atoms. The molecule has 1 N–H and O–H groups in total. The molecular formula is C18H16N2O5S2. The molecule has 1 atom stereocenters. The van der Waals surface area contributed by atoms with Crippen LogP contribution in [0.2, 0.25) is 0 Å². The number of anilines is 1. The molecule has 1 aliphatic rings. The first-order valence-electron chi connectivity index (χ1n) is 8.33. The van der Waals surface area contributed by atoms with Gasteiger partial charge in [0, 0.05) is 0 Å². The number of fused-ring (bicyclic) bond motifs is 2. The summed E-state index contributed by atoms with van der Waals surface area (Å²) in [6, 6.07) is 7.22. The minimum absolute atomic E-state index is 0.134. The van der Waals surface area contributed by atoms with Crippen molar-refractivity contribution in [1.82, 2.24) is 4.98 Å². The lowest BCUT2D eigenvalue weighted by Crippen LogP contribution is -2.40. The largest absolute Gasteiger partial charge is 0.485 e. The van der Waals surface area contributed by atoms with Crippen LogP contribution in [-0.2, 0) is 9.53 Å². The van der Waals surface area contributed by atoms with Gasteiger partial charge in [-0.15, -0.1) is 11.3 Å². The highest BCUT2D eigenvalue weighted by Crippen LogP contribution is 2.37.